The summed E-state index contributed by atoms with van der Waals surface area (Å²) in [7, 11) is 0. The first kappa shape index (κ1) is 13.7. The van der Waals surface area contributed by atoms with Crippen LogP contribution in [0.2, 0.25) is 0 Å². The SMILES string of the molecule is CCOC(=O)c1cc(C)ccc1CC(=O)CCl. The van der Waals surface area contributed by atoms with E-state index >= 15 is 0 Å². The van der Waals surface area contributed by atoms with Crippen molar-refractivity contribution >= 4 is 23.4 Å². The van der Waals surface area contributed by atoms with E-state index < -0.39 is 5.97 Å². The van der Waals surface area contributed by atoms with Crippen LogP contribution in [0.3, 0.4) is 0 Å². The minimum atomic E-state index is -0.395. The number of Topliss-reactive ketones (excluding diaryl/α,β-unsaturated/α-hetero) is 1. The van der Waals surface area contributed by atoms with Crippen LogP contribution in [0.4, 0.5) is 0 Å². The minimum Gasteiger partial charge on any atom is -0.462 e. The molecule has 0 bridgehead atoms. The van der Waals surface area contributed by atoms with Gasteiger partial charge in [-0.2, -0.15) is 0 Å². The van der Waals surface area contributed by atoms with Crippen molar-refractivity contribution < 1.29 is 14.3 Å². The van der Waals surface area contributed by atoms with Gasteiger partial charge in [-0.1, -0.05) is 17.7 Å². The van der Waals surface area contributed by atoms with Crippen LogP contribution in [0.1, 0.15) is 28.4 Å². The summed E-state index contributed by atoms with van der Waals surface area (Å²) in [5.41, 5.74) is 2.07. The van der Waals surface area contributed by atoms with Gasteiger partial charge < -0.3 is 4.74 Å². The highest BCUT2D eigenvalue weighted by atomic mass is 35.5. The zero-order valence-corrected chi connectivity index (χ0v) is 10.7. The van der Waals surface area contributed by atoms with E-state index in [0.29, 0.717) is 17.7 Å². The third-order valence-corrected chi connectivity index (χ3v) is 2.60. The maximum absolute atomic E-state index is 11.7. The molecule has 0 aliphatic heterocycles. The Morgan fingerprint density at radius 2 is 2.06 bits per heavy atom. The molecule has 1 aromatic carbocycles. The van der Waals surface area contributed by atoms with Gasteiger partial charge in [-0.25, -0.2) is 4.79 Å². The Labute approximate surface area is 106 Å². The van der Waals surface area contributed by atoms with Crippen molar-refractivity contribution in [2.45, 2.75) is 20.3 Å². The molecule has 0 saturated heterocycles. The molecule has 0 atom stereocenters. The summed E-state index contributed by atoms with van der Waals surface area (Å²) in [5, 5.41) is 0. The Kier molecular flexibility index (Phi) is 5.16. The Morgan fingerprint density at radius 1 is 1.35 bits per heavy atom. The van der Waals surface area contributed by atoms with Gasteiger partial charge in [0.15, 0.2) is 5.78 Å². The van der Waals surface area contributed by atoms with Crippen LogP contribution in [-0.2, 0) is 16.0 Å². The van der Waals surface area contributed by atoms with E-state index in [9.17, 15) is 9.59 Å². The number of benzene rings is 1. The standard InChI is InChI=1S/C13H15ClO3/c1-3-17-13(16)12-6-9(2)4-5-10(12)7-11(15)8-14/h4-6H,3,7-8H2,1-2H3. The summed E-state index contributed by atoms with van der Waals surface area (Å²) in [6.07, 6.45) is 0.165. The van der Waals surface area contributed by atoms with Crippen LogP contribution in [0, 0.1) is 6.92 Å². The van der Waals surface area contributed by atoms with Crippen molar-refractivity contribution in [2.75, 3.05) is 12.5 Å². The molecular weight excluding hydrogens is 240 g/mol. The molecule has 0 aliphatic carbocycles. The average Bonchev–Trinajstić information content (AvgIpc) is 2.31. The van der Waals surface area contributed by atoms with Crippen molar-refractivity contribution in [3.8, 4) is 0 Å². The zero-order valence-electron chi connectivity index (χ0n) is 9.96. The fourth-order valence-corrected chi connectivity index (χ4v) is 1.60. The summed E-state index contributed by atoms with van der Waals surface area (Å²) in [6.45, 7) is 3.95. The van der Waals surface area contributed by atoms with Gasteiger partial charge in [0.1, 0.15) is 0 Å². The molecule has 17 heavy (non-hydrogen) atoms. The van der Waals surface area contributed by atoms with Gasteiger partial charge in [0.25, 0.3) is 0 Å². The number of carbonyl (C=O) groups excluding carboxylic acids is 2. The molecule has 0 saturated carbocycles. The molecule has 0 unspecified atom stereocenters. The van der Waals surface area contributed by atoms with Gasteiger partial charge >= 0.3 is 5.97 Å². The lowest BCUT2D eigenvalue weighted by Gasteiger charge is -2.08. The molecule has 0 heterocycles. The van der Waals surface area contributed by atoms with E-state index in [4.69, 9.17) is 16.3 Å². The normalized spacial score (nSPS) is 10.1. The minimum absolute atomic E-state index is 0.0455. The number of rotatable bonds is 5. The molecule has 1 aromatic rings. The molecule has 0 amide bonds. The topological polar surface area (TPSA) is 43.4 Å². The third kappa shape index (κ3) is 3.86. The predicted octanol–water partition coefficient (Wildman–Crippen LogP) is 2.52. The van der Waals surface area contributed by atoms with E-state index in [1.165, 1.54) is 0 Å². The lowest BCUT2D eigenvalue weighted by Crippen LogP contribution is -2.12. The highest BCUT2D eigenvalue weighted by Gasteiger charge is 2.14. The van der Waals surface area contributed by atoms with Crippen LogP contribution in [-0.4, -0.2) is 24.2 Å². The number of alkyl halides is 1. The molecule has 0 aromatic heterocycles. The van der Waals surface area contributed by atoms with Crippen LogP contribution in [0.25, 0.3) is 0 Å². The van der Waals surface area contributed by atoms with Crippen molar-refractivity contribution in [1.82, 2.24) is 0 Å². The van der Waals surface area contributed by atoms with Crippen molar-refractivity contribution in [2.24, 2.45) is 0 Å². The number of ether oxygens (including phenoxy) is 1. The van der Waals surface area contributed by atoms with Gasteiger partial charge in [0.05, 0.1) is 18.1 Å². The largest absolute Gasteiger partial charge is 0.462 e. The van der Waals surface area contributed by atoms with Crippen molar-refractivity contribution in [3.05, 3.63) is 34.9 Å². The maximum atomic E-state index is 11.7. The molecule has 3 nitrogen and oxygen atoms in total. The van der Waals surface area contributed by atoms with Crippen LogP contribution >= 0.6 is 11.6 Å². The molecule has 1 rings (SSSR count). The van der Waals surface area contributed by atoms with Crippen molar-refractivity contribution in [1.29, 1.82) is 0 Å². The second-order valence-corrected chi connectivity index (χ2v) is 4.00. The summed E-state index contributed by atoms with van der Waals surface area (Å²) in [5.74, 6) is -0.550. The molecule has 0 radical (unpaired) electrons. The number of aryl methyl sites for hydroxylation is 1. The number of carbonyl (C=O) groups is 2. The number of halogens is 1. The molecule has 4 heteroatoms. The zero-order chi connectivity index (χ0) is 12.8. The van der Waals surface area contributed by atoms with E-state index in [0.717, 1.165) is 5.56 Å². The number of esters is 1. The fourth-order valence-electron chi connectivity index (χ4n) is 1.50. The molecule has 92 valence electrons. The van der Waals surface area contributed by atoms with Crippen LogP contribution in [0.5, 0.6) is 0 Å². The Balaban J connectivity index is 3.03. The lowest BCUT2D eigenvalue weighted by molar-refractivity contribution is -0.116. The highest BCUT2D eigenvalue weighted by molar-refractivity contribution is 6.27. The fraction of sp³-hybridized carbons (Fsp3) is 0.385. The molecule has 0 N–H and O–H groups in total. The molecule has 0 fully saturated rings. The van der Waals surface area contributed by atoms with E-state index in [1.807, 2.05) is 13.0 Å². The van der Waals surface area contributed by atoms with Gasteiger partial charge in [0, 0.05) is 6.42 Å². The quantitative estimate of drug-likeness (QED) is 0.599. The first-order valence-corrected chi connectivity index (χ1v) is 5.96. The van der Waals surface area contributed by atoms with Gasteiger partial charge in [-0.15, -0.1) is 11.6 Å². The highest BCUT2D eigenvalue weighted by Crippen LogP contribution is 2.14. The first-order valence-electron chi connectivity index (χ1n) is 5.42. The summed E-state index contributed by atoms with van der Waals surface area (Å²) < 4.78 is 4.96. The van der Waals surface area contributed by atoms with Gasteiger partial charge in [-0.3, -0.25) is 4.79 Å². The van der Waals surface area contributed by atoms with Crippen LogP contribution in [0.15, 0.2) is 18.2 Å². The average molecular weight is 255 g/mol. The first-order chi connectivity index (χ1) is 8.08. The van der Waals surface area contributed by atoms with E-state index in [2.05, 4.69) is 0 Å². The second-order valence-electron chi connectivity index (χ2n) is 3.73. The van der Waals surface area contributed by atoms with Crippen LogP contribution < -0.4 is 0 Å². The molecule has 0 aliphatic rings. The summed E-state index contributed by atoms with van der Waals surface area (Å²) in [6, 6.07) is 5.36. The monoisotopic (exact) mass is 254 g/mol. The molecular formula is C13H15ClO3. The Bertz CT molecular complexity index is 427. The Morgan fingerprint density at radius 3 is 2.65 bits per heavy atom. The third-order valence-electron chi connectivity index (χ3n) is 2.30. The maximum Gasteiger partial charge on any atom is 0.338 e. The predicted molar refractivity (Wildman–Crippen MR) is 66.6 cm³/mol. The second kappa shape index (κ2) is 6.40. The number of hydrogen-bond donors (Lipinski definition) is 0. The van der Waals surface area contributed by atoms with Gasteiger partial charge in [-0.05, 0) is 25.5 Å². The smallest absolute Gasteiger partial charge is 0.338 e. The Hall–Kier alpha value is -1.35. The van der Waals surface area contributed by atoms with Crippen molar-refractivity contribution in [3.63, 3.8) is 0 Å². The van der Waals surface area contributed by atoms with E-state index in [1.54, 1.807) is 19.1 Å². The lowest BCUT2D eigenvalue weighted by atomic mass is 10.0. The summed E-state index contributed by atoms with van der Waals surface area (Å²) >= 11 is 5.46. The van der Waals surface area contributed by atoms with Gasteiger partial charge in [0.2, 0.25) is 0 Å². The number of hydrogen-bond acceptors (Lipinski definition) is 3. The number of ketones is 1. The molecule has 0 spiro atoms. The summed E-state index contributed by atoms with van der Waals surface area (Å²) in [4.78, 5) is 23.0. The van der Waals surface area contributed by atoms with E-state index in [-0.39, 0.29) is 18.1 Å².